The number of hydrogen-bond acceptors (Lipinski definition) is 5. The average Bonchev–Trinajstić information content (AvgIpc) is 3.39. The smallest absolute Gasteiger partial charge is 0.416 e. The van der Waals surface area contributed by atoms with Crippen LogP contribution in [0.15, 0.2) is 79.4 Å². The second kappa shape index (κ2) is 13.1. The largest absolute Gasteiger partial charge is 0.481 e. The Balaban J connectivity index is 1.47. The van der Waals surface area contributed by atoms with Crippen molar-refractivity contribution < 1.29 is 17.9 Å². The molecule has 1 N–H and O–H groups in total. The molecule has 2 heterocycles. The van der Waals surface area contributed by atoms with Crippen LogP contribution in [0.25, 0.3) is 0 Å². The molecule has 4 aromatic rings. The first-order chi connectivity index (χ1) is 19.3. The predicted molar refractivity (Wildman–Crippen MR) is 150 cm³/mol. The van der Waals surface area contributed by atoms with Crippen molar-refractivity contribution >= 4 is 23.0 Å². The Morgan fingerprint density at radius 1 is 1.10 bits per heavy atom. The van der Waals surface area contributed by atoms with Crippen molar-refractivity contribution in [3.05, 3.63) is 107 Å². The summed E-state index contributed by atoms with van der Waals surface area (Å²) in [7, 11) is 1.51. The highest BCUT2D eigenvalue weighted by Gasteiger charge is 2.33. The maximum Gasteiger partial charge on any atom is 0.416 e. The van der Waals surface area contributed by atoms with Crippen LogP contribution in [0.3, 0.4) is 0 Å². The molecule has 0 radical (unpaired) electrons. The molecular weight excluding hydrogens is 537 g/mol. The normalized spacial score (nSPS) is 11.1. The first kappa shape index (κ1) is 28.6. The number of aromatic nitrogens is 3. The fourth-order valence-corrected chi connectivity index (χ4v) is 4.48. The molecule has 0 aliphatic carbocycles. The van der Waals surface area contributed by atoms with Gasteiger partial charge in [0, 0.05) is 37.6 Å². The van der Waals surface area contributed by atoms with Crippen molar-refractivity contribution in [3.63, 3.8) is 0 Å². The van der Waals surface area contributed by atoms with E-state index in [4.69, 9.17) is 22.2 Å². The van der Waals surface area contributed by atoms with Crippen molar-refractivity contribution in [2.75, 3.05) is 19.0 Å². The highest BCUT2D eigenvalue weighted by atomic mass is 32.1. The summed E-state index contributed by atoms with van der Waals surface area (Å²) in [5.41, 5.74) is 2.66. The molecule has 7 nitrogen and oxygen atoms in total. The molecule has 2 aromatic carbocycles. The number of nitrogens with zero attached hydrogens (tertiary/aromatic N) is 5. The van der Waals surface area contributed by atoms with Gasteiger partial charge in [-0.15, -0.1) is 0 Å². The van der Waals surface area contributed by atoms with E-state index in [2.05, 4.69) is 21.4 Å². The van der Waals surface area contributed by atoms with E-state index in [9.17, 15) is 13.2 Å². The molecule has 0 atom stereocenters. The predicted octanol–water partition coefficient (Wildman–Crippen LogP) is 6.06. The number of pyridine rings is 1. The lowest BCUT2D eigenvalue weighted by Gasteiger charge is -2.27. The van der Waals surface area contributed by atoms with E-state index in [-0.39, 0.29) is 17.2 Å². The number of methoxy groups -OCH3 is 1. The van der Waals surface area contributed by atoms with E-state index in [1.165, 1.54) is 19.2 Å². The summed E-state index contributed by atoms with van der Waals surface area (Å²) in [5.74, 6) is 0.435. The lowest BCUT2D eigenvalue weighted by Crippen LogP contribution is -2.36. The summed E-state index contributed by atoms with van der Waals surface area (Å²) in [4.78, 5) is 10.2. The van der Waals surface area contributed by atoms with Crippen LogP contribution in [0.5, 0.6) is 5.88 Å². The van der Waals surface area contributed by atoms with Crippen LogP contribution in [0.4, 0.5) is 18.9 Å². The minimum Gasteiger partial charge on any atom is -0.481 e. The Morgan fingerprint density at radius 2 is 1.88 bits per heavy atom. The van der Waals surface area contributed by atoms with Crippen LogP contribution in [0, 0.1) is 11.3 Å². The number of aryl methyl sites for hydroxylation is 1. The fraction of sp³-hybridized carbons (Fsp3) is 0.241. The van der Waals surface area contributed by atoms with Gasteiger partial charge >= 0.3 is 6.18 Å². The molecule has 11 heteroatoms. The van der Waals surface area contributed by atoms with Crippen molar-refractivity contribution in [2.45, 2.75) is 32.1 Å². The van der Waals surface area contributed by atoms with E-state index < -0.39 is 11.7 Å². The van der Waals surface area contributed by atoms with Crippen LogP contribution in [-0.2, 0) is 25.7 Å². The van der Waals surface area contributed by atoms with Crippen molar-refractivity contribution in [3.8, 4) is 11.9 Å². The molecule has 0 aliphatic heterocycles. The van der Waals surface area contributed by atoms with Crippen molar-refractivity contribution in [1.82, 2.24) is 19.4 Å². The minimum atomic E-state index is -4.48. The highest BCUT2D eigenvalue weighted by Crippen LogP contribution is 2.32. The number of nitrogens with one attached hydrogen (secondary N) is 1. The van der Waals surface area contributed by atoms with Crippen molar-refractivity contribution in [2.24, 2.45) is 0 Å². The second-order valence-electron chi connectivity index (χ2n) is 9.02. The van der Waals surface area contributed by atoms with Gasteiger partial charge < -0.3 is 19.5 Å². The zero-order valence-electron chi connectivity index (χ0n) is 21.7. The monoisotopic (exact) mass is 564 g/mol. The molecule has 4 rings (SSSR count). The van der Waals surface area contributed by atoms with Crippen molar-refractivity contribution in [1.29, 1.82) is 5.26 Å². The number of halogens is 3. The minimum absolute atomic E-state index is 0.0183. The second-order valence-corrected chi connectivity index (χ2v) is 9.41. The number of hydrogen-bond donors (Lipinski definition) is 1. The number of benzene rings is 2. The van der Waals surface area contributed by atoms with E-state index in [1.807, 2.05) is 16.7 Å². The van der Waals surface area contributed by atoms with Crippen LogP contribution in [0.2, 0.25) is 0 Å². The first-order valence-corrected chi connectivity index (χ1v) is 12.9. The van der Waals surface area contributed by atoms with Crippen LogP contribution in [0.1, 0.15) is 34.4 Å². The third-order valence-electron chi connectivity index (χ3n) is 6.26. The Hall–Kier alpha value is -4.43. The van der Waals surface area contributed by atoms with Gasteiger partial charge in [-0.25, -0.2) is 9.97 Å². The quantitative estimate of drug-likeness (QED) is 0.235. The van der Waals surface area contributed by atoms with Gasteiger partial charge in [0.05, 0.1) is 42.5 Å². The Bertz CT molecular complexity index is 1460. The standard InChI is InChI=1S/C29H27F3N6OS/c1-39-27-13-12-24(16-35-27)36-28(40)37(19-23-5-2-3-7-26(23)29(30,31)32)14-4-6-25-17-34-20-38(25)18-22-10-8-21(15-33)9-11-22/h2-3,5,7-13,16-17,20H,4,6,14,18-19H2,1H3,(H,36,40). The van der Waals surface area contributed by atoms with Gasteiger partial charge in [-0.05, 0) is 60.5 Å². The average molecular weight is 565 g/mol. The Labute approximate surface area is 235 Å². The third kappa shape index (κ3) is 7.57. The van der Waals surface area contributed by atoms with Gasteiger partial charge in [-0.1, -0.05) is 30.3 Å². The maximum atomic E-state index is 13.7. The van der Waals surface area contributed by atoms with E-state index in [0.29, 0.717) is 43.1 Å². The molecule has 0 aliphatic rings. The van der Waals surface area contributed by atoms with E-state index >= 15 is 0 Å². The molecular formula is C29H27F3N6OS. The number of alkyl halides is 3. The number of ether oxygens (including phenoxy) is 1. The van der Waals surface area contributed by atoms with Crippen LogP contribution in [-0.4, -0.2) is 38.2 Å². The molecule has 2 aromatic heterocycles. The topological polar surface area (TPSA) is 79.0 Å². The molecule has 0 bridgehead atoms. The molecule has 206 valence electrons. The fourth-order valence-electron chi connectivity index (χ4n) is 4.20. The summed E-state index contributed by atoms with van der Waals surface area (Å²) in [6.45, 7) is 0.980. The van der Waals surface area contributed by atoms with Gasteiger partial charge in [0.25, 0.3) is 0 Å². The van der Waals surface area contributed by atoms with Crippen LogP contribution >= 0.6 is 12.2 Å². The zero-order valence-corrected chi connectivity index (χ0v) is 22.5. The summed E-state index contributed by atoms with van der Waals surface area (Å²) in [6, 6.07) is 18.4. The highest BCUT2D eigenvalue weighted by molar-refractivity contribution is 7.80. The Kier molecular flexibility index (Phi) is 9.35. The molecule has 0 saturated heterocycles. The molecule has 0 amide bonds. The number of anilines is 1. The lowest BCUT2D eigenvalue weighted by atomic mass is 10.1. The van der Waals surface area contributed by atoms with Gasteiger partial charge in [-0.2, -0.15) is 18.4 Å². The molecule has 0 unspecified atom stereocenters. The zero-order chi connectivity index (χ0) is 28.5. The summed E-state index contributed by atoms with van der Waals surface area (Å²) >= 11 is 5.63. The van der Waals surface area contributed by atoms with E-state index in [1.54, 1.807) is 54.0 Å². The number of thiocarbonyl (C=S) groups is 1. The van der Waals surface area contributed by atoms with E-state index in [0.717, 1.165) is 17.3 Å². The SMILES string of the molecule is COc1ccc(NC(=S)N(CCCc2cncn2Cc2ccc(C#N)cc2)Cc2ccccc2C(F)(F)F)cn1. The number of nitriles is 1. The molecule has 0 spiro atoms. The van der Waals surface area contributed by atoms with Gasteiger partial charge in [0.1, 0.15) is 0 Å². The number of rotatable bonds is 10. The Morgan fingerprint density at radius 3 is 2.55 bits per heavy atom. The van der Waals surface area contributed by atoms with Gasteiger partial charge in [-0.3, -0.25) is 0 Å². The molecule has 40 heavy (non-hydrogen) atoms. The summed E-state index contributed by atoms with van der Waals surface area (Å²) in [5, 5.41) is 12.4. The number of imidazole rings is 1. The maximum absolute atomic E-state index is 13.7. The first-order valence-electron chi connectivity index (χ1n) is 12.5. The van der Waals surface area contributed by atoms with Gasteiger partial charge in [0.15, 0.2) is 5.11 Å². The van der Waals surface area contributed by atoms with Gasteiger partial charge in [0.2, 0.25) is 5.88 Å². The van der Waals surface area contributed by atoms with Crippen LogP contribution < -0.4 is 10.1 Å². The summed E-state index contributed by atoms with van der Waals surface area (Å²) in [6.07, 6.45) is 1.86. The molecule has 0 saturated carbocycles. The molecule has 0 fully saturated rings. The lowest BCUT2D eigenvalue weighted by molar-refractivity contribution is -0.138. The summed E-state index contributed by atoms with van der Waals surface area (Å²) < 4.78 is 48.2. The third-order valence-corrected chi connectivity index (χ3v) is 6.62.